The minimum atomic E-state index is -0.242. The highest BCUT2D eigenvalue weighted by Gasteiger charge is 2.29. The van der Waals surface area contributed by atoms with Crippen molar-refractivity contribution < 1.29 is 14.3 Å². The third-order valence-electron chi connectivity index (χ3n) is 3.70. The molecule has 1 saturated heterocycles. The Labute approximate surface area is 124 Å². The molecule has 0 unspecified atom stereocenters. The number of hydrogen-bond acceptors (Lipinski definition) is 5. The quantitative estimate of drug-likeness (QED) is 0.782. The van der Waals surface area contributed by atoms with Crippen LogP contribution in [0.15, 0.2) is 18.3 Å². The number of aromatic nitrogens is 1. The highest BCUT2D eigenvalue weighted by Crippen LogP contribution is 2.20. The third-order valence-corrected chi connectivity index (χ3v) is 3.70. The topological polar surface area (TPSA) is 62.7 Å². The number of anilines is 1. The second-order valence-electron chi connectivity index (χ2n) is 5.41. The van der Waals surface area contributed by atoms with E-state index in [0.717, 1.165) is 18.7 Å². The Bertz CT molecular complexity index is 513. The zero-order chi connectivity index (χ0) is 15.4. The van der Waals surface area contributed by atoms with Crippen LogP contribution < -0.4 is 4.90 Å². The first-order valence-electron chi connectivity index (χ1n) is 7.03. The van der Waals surface area contributed by atoms with Gasteiger partial charge in [-0.15, -0.1) is 0 Å². The fourth-order valence-electron chi connectivity index (χ4n) is 2.48. The Balaban J connectivity index is 2.06. The standard InChI is InChI=1S/C15H21N3O3/c1-17(2)13-7-6-11(9-16-13)14(19)18-8-4-5-12(10-18)15(20)21-3/h6-7,9,12H,4-5,8,10H2,1-3H3/t12-/m0/s1. The molecule has 0 aliphatic carbocycles. The van der Waals surface area contributed by atoms with Crippen LogP contribution in [0.4, 0.5) is 5.82 Å². The van der Waals surface area contributed by atoms with Crippen molar-refractivity contribution in [3.05, 3.63) is 23.9 Å². The van der Waals surface area contributed by atoms with Gasteiger partial charge in [0.05, 0.1) is 18.6 Å². The van der Waals surface area contributed by atoms with Crippen molar-refractivity contribution in [2.24, 2.45) is 5.92 Å². The number of rotatable bonds is 3. The SMILES string of the molecule is COC(=O)[C@H]1CCCN(C(=O)c2ccc(N(C)C)nc2)C1. The molecule has 1 fully saturated rings. The number of methoxy groups -OCH3 is 1. The number of pyridine rings is 1. The summed E-state index contributed by atoms with van der Waals surface area (Å²) in [7, 11) is 5.18. The molecule has 1 aromatic rings. The molecule has 1 aliphatic heterocycles. The summed E-state index contributed by atoms with van der Waals surface area (Å²) >= 11 is 0. The fraction of sp³-hybridized carbons (Fsp3) is 0.533. The molecule has 1 aliphatic rings. The van der Waals surface area contributed by atoms with Gasteiger partial charge in [-0.1, -0.05) is 0 Å². The van der Waals surface area contributed by atoms with E-state index in [2.05, 4.69) is 4.98 Å². The van der Waals surface area contributed by atoms with Crippen molar-refractivity contribution in [1.82, 2.24) is 9.88 Å². The number of likely N-dealkylation sites (tertiary alicyclic amines) is 1. The number of nitrogens with zero attached hydrogens (tertiary/aromatic N) is 3. The van der Waals surface area contributed by atoms with Crippen LogP contribution in [0.1, 0.15) is 23.2 Å². The fourth-order valence-corrected chi connectivity index (χ4v) is 2.48. The maximum Gasteiger partial charge on any atom is 0.310 e. The lowest BCUT2D eigenvalue weighted by Gasteiger charge is -2.31. The maximum absolute atomic E-state index is 12.5. The maximum atomic E-state index is 12.5. The summed E-state index contributed by atoms with van der Waals surface area (Å²) in [5.74, 6) is 0.259. The van der Waals surface area contributed by atoms with Gasteiger partial charge in [0.15, 0.2) is 0 Å². The predicted molar refractivity (Wildman–Crippen MR) is 79.2 cm³/mol. The molecule has 0 aromatic carbocycles. The molecule has 6 nitrogen and oxygen atoms in total. The summed E-state index contributed by atoms with van der Waals surface area (Å²) in [5.41, 5.74) is 0.547. The lowest BCUT2D eigenvalue weighted by atomic mass is 9.97. The Morgan fingerprint density at radius 3 is 2.71 bits per heavy atom. The highest BCUT2D eigenvalue weighted by molar-refractivity contribution is 5.94. The van der Waals surface area contributed by atoms with Gasteiger partial charge >= 0.3 is 5.97 Å². The molecule has 0 saturated carbocycles. The Morgan fingerprint density at radius 1 is 1.38 bits per heavy atom. The second-order valence-corrected chi connectivity index (χ2v) is 5.41. The van der Waals surface area contributed by atoms with Gasteiger partial charge in [-0.3, -0.25) is 9.59 Å². The number of hydrogen-bond donors (Lipinski definition) is 0. The molecule has 0 radical (unpaired) electrons. The van der Waals surface area contributed by atoms with Crippen molar-refractivity contribution in [2.45, 2.75) is 12.8 Å². The van der Waals surface area contributed by atoms with Crippen molar-refractivity contribution in [3.8, 4) is 0 Å². The lowest BCUT2D eigenvalue weighted by molar-refractivity contribution is -0.146. The molecule has 0 N–H and O–H groups in total. The van der Waals surface area contributed by atoms with Crippen LogP contribution in [-0.2, 0) is 9.53 Å². The van der Waals surface area contributed by atoms with E-state index in [0.29, 0.717) is 18.7 Å². The van der Waals surface area contributed by atoms with E-state index in [1.807, 2.05) is 25.1 Å². The molecule has 21 heavy (non-hydrogen) atoms. The Kier molecular flexibility index (Phi) is 4.77. The van der Waals surface area contributed by atoms with Crippen molar-refractivity contribution in [3.63, 3.8) is 0 Å². The number of piperidine rings is 1. The van der Waals surface area contributed by atoms with Crippen LogP contribution in [0, 0.1) is 5.92 Å². The monoisotopic (exact) mass is 291 g/mol. The molecule has 1 amide bonds. The molecule has 1 aromatic heterocycles. The summed E-state index contributed by atoms with van der Waals surface area (Å²) < 4.78 is 4.77. The Morgan fingerprint density at radius 2 is 2.14 bits per heavy atom. The molecule has 114 valence electrons. The summed E-state index contributed by atoms with van der Waals surface area (Å²) in [5, 5.41) is 0. The first-order chi connectivity index (χ1) is 10.0. The zero-order valence-electron chi connectivity index (χ0n) is 12.7. The van der Waals surface area contributed by atoms with Crippen LogP contribution in [0.25, 0.3) is 0 Å². The van der Waals surface area contributed by atoms with Gasteiger partial charge in [0.1, 0.15) is 5.82 Å². The molecular formula is C15H21N3O3. The van der Waals surface area contributed by atoms with E-state index in [-0.39, 0.29) is 17.8 Å². The number of amides is 1. The van der Waals surface area contributed by atoms with Crippen molar-refractivity contribution >= 4 is 17.7 Å². The summed E-state index contributed by atoms with van der Waals surface area (Å²) in [6.07, 6.45) is 3.17. The van der Waals surface area contributed by atoms with Gasteiger partial charge in [-0.25, -0.2) is 4.98 Å². The van der Waals surface area contributed by atoms with Gasteiger partial charge < -0.3 is 14.5 Å². The van der Waals surface area contributed by atoms with Gasteiger partial charge in [-0.2, -0.15) is 0 Å². The minimum Gasteiger partial charge on any atom is -0.469 e. The lowest BCUT2D eigenvalue weighted by Crippen LogP contribution is -2.42. The van der Waals surface area contributed by atoms with Gasteiger partial charge in [-0.05, 0) is 25.0 Å². The van der Waals surface area contributed by atoms with Crippen LogP contribution in [-0.4, -0.2) is 56.1 Å². The molecule has 0 spiro atoms. The van der Waals surface area contributed by atoms with Crippen LogP contribution in [0.2, 0.25) is 0 Å². The molecule has 2 rings (SSSR count). The zero-order valence-corrected chi connectivity index (χ0v) is 12.7. The van der Waals surface area contributed by atoms with E-state index in [1.165, 1.54) is 7.11 Å². The van der Waals surface area contributed by atoms with Crippen LogP contribution >= 0.6 is 0 Å². The minimum absolute atomic E-state index is 0.0820. The molecule has 0 bridgehead atoms. The van der Waals surface area contributed by atoms with E-state index >= 15 is 0 Å². The first-order valence-corrected chi connectivity index (χ1v) is 7.03. The van der Waals surface area contributed by atoms with Crippen molar-refractivity contribution in [2.75, 3.05) is 39.2 Å². The van der Waals surface area contributed by atoms with Crippen LogP contribution in [0.5, 0.6) is 0 Å². The highest BCUT2D eigenvalue weighted by atomic mass is 16.5. The van der Waals surface area contributed by atoms with Crippen LogP contribution in [0.3, 0.4) is 0 Å². The average Bonchev–Trinajstić information content (AvgIpc) is 2.53. The number of esters is 1. The molecular weight excluding hydrogens is 270 g/mol. The van der Waals surface area contributed by atoms with E-state index in [9.17, 15) is 9.59 Å². The van der Waals surface area contributed by atoms with E-state index < -0.39 is 0 Å². The number of ether oxygens (including phenoxy) is 1. The largest absolute Gasteiger partial charge is 0.469 e. The summed E-state index contributed by atoms with van der Waals surface area (Å²) in [6.45, 7) is 1.09. The average molecular weight is 291 g/mol. The van der Waals surface area contributed by atoms with Gasteiger partial charge in [0.25, 0.3) is 5.91 Å². The molecule has 1 atom stereocenters. The van der Waals surface area contributed by atoms with Crippen molar-refractivity contribution in [1.29, 1.82) is 0 Å². The molecule has 6 heteroatoms. The second kappa shape index (κ2) is 6.56. The first kappa shape index (κ1) is 15.3. The number of carbonyl (C=O) groups is 2. The predicted octanol–water partition coefficient (Wildman–Crippen LogP) is 1.17. The third kappa shape index (κ3) is 3.51. The van der Waals surface area contributed by atoms with Gasteiger partial charge in [0, 0.05) is 33.4 Å². The normalized spacial score (nSPS) is 18.2. The Hall–Kier alpha value is -2.11. The van der Waals surface area contributed by atoms with E-state index in [4.69, 9.17) is 4.74 Å². The smallest absolute Gasteiger partial charge is 0.310 e. The van der Waals surface area contributed by atoms with E-state index in [1.54, 1.807) is 17.2 Å². The molecule has 2 heterocycles. The summed E-state index contributed by atoms with van der Waals surface area (Å²) in [6, 6.07) is 3.58. The van der Waals surface area contributed by atoms with Gasteiger partial charge in [0.2, 0.25) is 0 Å². The number of carbonyl (C=O) groups excluding carboxylic acids is 2. The summed E-state index contributed by atoms with van der Waals surface area (Å²) in [4.78, 5) is 31.9.